The van der Waals surface area contributed by atoms with E-state index in [0.29, 0.717) is 19.5 Å². The number of aryl methyl sites for hydroxylation is 1. The van der Waals surface area contributed by atoms with Crippen LogP contribution in [0.25, 0.3) is 10.8 Å². The summed E-state index contributed by atoms with van der Waals surface area (Å²) >= 11 is 0. The second-order valence-electron chi connectivity index (χ2n) is 10.7. The molecule has 0 saturated carbocycles. The van der Waals surface area contributed by atoms with Gasteiger partial charge < -0.3 is 21.7 Å². The number of nitrogens with one attached hydrogen (secondary N) is 2. The molecular weight excluding hydrogens is 472 g/mol. The maximum absolute atomic E-state index is 13.7. The molecule has 0 bridgehead atoms. The molecule has 0 unspecified atom stereocenters. The van der Waals surface area contributed by atoms with Crippen molar-refractivity contribution in [3.8, 4) is 0 Å². The van der Waals surface area contributed by atoms with Gasteiger partial charge in [-0.05, 0) is 61.4 Å². The molecule has 0 radical (unpaired) electrons. The number of guanidine groups is 1. The minimum Gasteiger partial charge on any atom is -0.370 e. The van der Waals surface area contributed by atoms with Gasteiger partial charge in [0.15, 0.2) is 5.96 Å². The summed E-state index contributed by atoms with van der Waals surface area (Å²) in [7, 11) is 0. The van der Waals surface area contributed by atoms with Crippen LogP contribution in [0.3, 0.4) is 0 Å². The molecule has 202 valence electrons. The van der Waals surface area contributed by atoms with Gasteiger partial charge in [-0.15, -0.1) is 0 Å². The average molecular weight is 515 g/mol. The van der Waals surface area contributed by atoms with Crippen LogP contribution in [-0.4, -0.2) is 66.0 Å². The Morgan fingerprint density at radius 3 is 2.50 bits per heavy atom. The molecule has 3 aromatic carbocycles. The highest BCUT2D eigenvalue weighted by atomic mass is 16.2. The lowest BCUT2D eigenvalue weighted by atomic mass is 9.98. The second kappa shape index (κ2) is 12.9. The number of nitrogens with two attached hydrogens (primary N) is 2. The third kappa shape index (κ3) is 7.33. The highest BCUT2D eigenvalue weighted by Crippen LogP contribution is 2.22. The highest BCUT2D eigenvalue weighted by Gasteiger charge is 2.35. The Kier molecular flexibility index (Phi) is 9.37. The summed E-state index contributed by atoms with van der Waals surface area (Å²) in [6.45, 7) is 7.38. The normalized spacial score (nSPS) is 18.9. The number of piperazine rings is 1. The van der Waals surface area contributed by atoms with Gasteiger partial charge in [0.25, 0.3) is 0 Å². The number of carbonyl (C=O) groups excluding carboxylic acids is 1. The molecule has 7 heteroatoms. The Morgan fingerprint density at radius 1 is 1.05 bits per heavy atom. The SMILES string of the molecule is Cc1ccc(CCN2C[C@H](CCCNC(=N)N)N(C(=O)[C@H](N)Cc3ccc4ccccc4c3)C[C@H]2C)cc1. The Morgan fingerprint density at radius 2 is 1.76 bits per heavy atom. The third-order valence-electron chi connectivity index (χ3n) is 7.68. The average Bonchev–Trinajstić information content (AvgIpc) is 2.91. The first-order valence-electron chi connectivity index (χ1n) is 13.7. The molecule has 0 aromatic heterocycles. The number of hydrogen-bond donors (Lipinski definition) is 4. The van der Waals surface area contributed by atoms with Gasteiger partial charge in [-0.1, -0.05) is 72.3 Å². The van der Waals surface area contributed by atoms with Crippen LogP contribution in [0.15, 0.2) is 66.7 Å². The largest absolute Gasteiger partial charge is 0.370 e. The molecule has 7 nitrogen and oxygen atoms in total. The van der Waals surface area contributed by atoms with Crippen molar-refractivity contribution in [2.24, 2.45) is 11.5 Å². The number of carbonyl (C=O) groups is 1. The quantitative estimate of drug-likeness (QED) is 0.188. The molecule has 0 aliphatic carbocycles. The van der Waals surface area contributed by atoms with Crippen molar-refractivity contribution in [1.29, 1.82) is 5.41 Å². The van der Waals surface area contributed by atoms with Crippen molar-refractivity contribution in [2.75, 3.05) is 26.2 Å². The second-order valence-corrected chi connectivity index (χ2v) is 10.7. The Labute approximate surface area is 226 Å². The van der Waals surface area contributed by atoms with Crippen molar-refractivity contribution < 1.29 is 4.79 Å². The molecule has 1 fully saturated rings. The number of rotatable bonds is 10. The summed E-state index contributed by atoms with van der Waals surface area (Å²) in [4.78, 5) is 18.2. The van der Waals surface area contributed by atoms with Crippen LogP contribution in [0.4, 0.5) is 0 Å². The van der Waals surface area contributed by atoms with E-state index in [-0.39, 0.29) is 24.0 Å². The van der Waals surface area contributed by atoms with Crippen LogP contribution >= 0.6 is 0 Å². The lowest BCUT2D eigenvalue weighted by molar-refractivity contribution is -0.139. The van der Waals surface area contributed by atoms with Gasteiger partial charge in [0, 0.05) is 38.3 Å². The monoisotopic (exact) mass is 514 g/mol. The predicted octanol–water partition coefficient (Wildman–Crippen LogP) is 3.43. The zero-order valence-electron chi connectivity index (χ0n) is 22.7. The molecule has 4 rings (SSSR count). The molecule has 1 heterocycles. The number of fused-ring (bicyclic) bond motifs is 1. The van der Waals surface area contributed by atoms with Crippen LogP contribution in [0.5, 0.6) is 0 Å². The van der Waals surface area contributed by atoms with E-state index in [4.69, 9.17) is 16.9 Å². The van der Waals surface area contributed by atoms with Gasteiger partial charge in [0.05, 0.1) is 6.04 Å². The summed E-state index contributed by atoms with van der Waals surface area (Å²) < 4.78 is 0. The molecule has 6 N–H and O–H groups in total. The smallest absolute Gasteiger partial charge is 0.240 e. The van der Waals surface area contributed by atoms with Gasteiger partial charge in [-0.25, -0.2) is 0 Å². The van der Waals surface area contributed by atoms with Crippen LogP contribution in [0, 0.1) is 12.3 Å². The minimum absolute atomic E-state index is 0.0210. The van der Waals surface area contributed by atoms with Gasteiger partial charge in [0.2, 0.25) is 5.91 Å². The zero-order valence-corrected chi connectivity index (χ0v) is 22.7. The van der Waals surface area contributed by atoms with Crippen LogP contribution in [0.2, 0.25) is 0 Å². The van der Waals surface area contributed by atoms with Gasteiger partial charge >= 0.3 is 0 Å². The van der Waals surface area contributed by atoms with Gasteiger partial charge in [0.1, 0.15) is 0 Å². The molecule has 3 aromatic rings. The van der Waals surface area contributed by atoms with Crippen molar-refractivity contribution in [3.63, 3.8) is 0 Å². The van der Waals surface area contributed by atoms with E-state index in [1.807, 2.05) is 17.0 Å². The maximum atomic E-state index is 13.7. The van der Waals surface area contributed by atoms with Crippen LogP contribution in [-0.2, 0) is 17.6 Å². The van der Waals surface area contributed by atoms with Crippen molar-refractivity contribution >= 4 is 22.6 Å². The molecule has 38 heavy (non-hydrogen) atoms. The molecule has 0 spiro atoms. The molecular formula is C31H42N6O. The first kappa shape index (κ1) is 27.6. The summed E-state index contributed by atoms with van der Waals surface area (Å²) in [5, 5.41) is 12.7. The first-order valence-corrected chi connectivity index (χ1v) is 13.7. The first-order chi connectivity index (χ1) is 18.3. The van der Waals surface area contributed by atoms with E-state index < -0.39 is 6.04 Å². The lowest BCUT2D eigenvalue weighted by Gasteiger charge is -2.46. The summed E-state index contributed by atoms with van der Waals surface area (Å²) in [6, 6.07) is 23.0. The fraction of sp³-hybridized carbons (Fsp3) is 0.419. The van der Waals surface area contributed by atoms with Crippen LogP contribution < -0.4 is 16.8 Å². The summed E-state index contributed by atoms with van der Waals surface area (Å²) in [6.07, 6.45) is 3.17. The van der Waals surface area contributed by atoms with E-state index in [1.54, 1.807) is 0 Å². The highest BCUT2D eigenvalue weighted by molar-refractivity contribution is 5.84. The van der Waals surface area contributed by atoms with E-state index >= 15 is 0 Å². The summed E-state index contributed by atoms with van der Waals surface area (Å²) in [5.74, 6) is 0.0000470. The standard InChI is InChI=1S/C31H42N6O/c1-22-9-11-24(12-10-22)15-17-36-21-28(8-5-16-35-31(33)34)37(20-23(36)2)30(38)29(32)19-25-13-14-26-6-3-4-7-27(26)18-25/h3-4,6-7,9-14,18,23,28-29H,5,8,15-17,19-21,32H2,1-2H3,(H4,33,34,35)/t23-,28+,29-/m1/s1. The topological polar surface area (TPSA) is 111 Å². The van der Waals surface area contributed by atoms with E-state index in [9.17, 15) is 4.79 Å². The Hall–Kier alpha value is -3.42. The van der Waals surface area contributed by atoms with Crippen molar-refractivity contribution in [1.82, 2.24) is 15.1 Å². The molecule has 1 aliphatic rings. The third-order valence-corrected chi connectivity index (χ3v) is 7.68. The van der Waals surface area contributed by atoms with E-state index in [2.05, 4.69) is 78.7 Å². The molecule has 1 saturated heterocycles. The zero-order chi connectivity index (χ0) is 27.1. The van der Waals surface area contributed by atoms with Gasteiger partial charge in [-0.2, -0.15) is 0 Å². The summed E-state index contributed by atoms with van der Waals surface area (Å²) in [5.41, 5.74) is 15.7. The number of hydrogen-bond acceptors (Lipinski definition) is 4. The molecule has 1 aliphatic heterocycles. The molecule has 1 amide bonds. The lowest BCUT2D eigenvalue weighted by Crippen LogP contribution is -2.62. The Bertz CT molecular complexity index is 1230. The number of nitrogens with zero attached hydrogens (tertiary/aromatic N) is 2. The van der Waals surface area contributed by atoms with Gasteiger partial charge in [-0.3, -0.25) is 15.1 Å². The fourth-order valence-electron chi connectivity index (χ4n) is 5.44. The van der Waals surface area contributed by atoms with Crippen LogP contribution in [0.1, 0.15) is 36.5 Å². The number of benzene rings is 3. The fourth-order valence-corrected chi connectivity index (χ4v) is 5.44. The number of amides is 1. The minimum atomic E-state index is -0.583. The molecule has 3 atom stereocenters. The predicted molar refractivity (Wildman–Crippen MR) is 156 cm³/mol. The van der Waals surface area contributed by atoms with Crippen molar-refractivity contribution in [3.05, 3.63) is 83.4 Å². The van der Waals surface area contributed by atoms with E-state index in [0.717, 1.165) is 43.3 Å². The van der Waals surface area contributed by atoms with E-state index in [1.165, 1.54) is 16.5 Å². The Balaban J connectivity index is 1.42. The maximum Gasteiger partial charge on any atom is 0.240 e. The van der Waals surface area contributed by atoms with Crippen molar-refractivity contribution in [2.45, 2.75) is 57.7 Å².